The summed E-state index contributed by atoms with van der Waals surface area (Å²) in [5.74, 6) is 0.153. The molecule has 1 aromatic rings. The van der Waals surface area contributed by atoms with Gasteiger partial charge in [-0.1, -0.05) is 42.5 Å². The third kappa shape index (κ3) is 2.15. The second-order valence-corrected chi connectivity index (χ2v) is 7.30. The van der Waals surface area contributed by atoms with Gasteiger partial charge in [-0.25, -0.2) is 0 Å². The summed E-state index contributed by atoms with van der Waals surface area (Å²) in [5.41, 5.74) is 3.56. The Bertz CT molecular complexity index is 830. The summed E-state index contributed by atoms with van der Waals surface area (Å²) in [5, 5.41) is 7.04. The normalized spacial score (nSPS) is 32.6. The van der Waals surface area contributed by atoms with Crippen LogP contribution in [0.1, 0.15) is 12.5 Å². The Morgan fingerprint density at radius 2 is 2.00 bits per heavy atom. The van der Waals surface area contributed by atoms with E-state index in [1.165, 1.54) is 16.8 Å². The summed E-state index contributed by atoms with van der Waals surface area (Å²) in [6.45, 7) is 2.89. The number of likely N-dealkylation sites (N-methyl/N-ethyl adjacent to an activating group) is 1. The lowest BCUT2D eigenvalue weighted by molar-refractivity contribution is -0.153. The first-order chi connectivity index (χ1) is 12.6. The Balaban J connectivity index is 1.51. The van der Waals surface area contributed by atoms with Gasteiger partial charge in [0.25, 0.3) is 0 Å². The number of nitrogens with zero attached hydrogens (tertiary/aromatic N) is 3. The lowest BCUT2D eigenvalue weighted by Gasteiger charge is -2.52. The van der Waals surface area contributed by atoms with Gasteiger partial charge in [0.1, 0.15) is 12.2 Å². The zero-order chi connectivity index (χ0) is 17.8. The van der Waals surface area contributed by atoms with Crippen LogP contribution in [0.25, 0.3) is 0 Å². The van der Waals surface area contributed by atoms with E-state index in [1.54, 1.807) is 0 Å². The molecular weight excluding hydrogens is 326 g/mol. The van der Waals surface area contributed by atoms with Crippen molar-refractivity contribution in [3.63, 3.8) is 0 Å². The molecule has 2 N–H and O–H groups in total. The zero-order valence-corrected chi connectivity index (χ0v) is 15.0. The molecule has 0 bridgehead atoms. The van der Waals surface area contributed by atoms with Crippen molar-refractivity contribution in [2.45, 2.75) is 38.1 Å². The van der Waals surface area contributed by atoms with Gasteiger partial charge in [0.15, 0.2) is 6.29 Å². The van der Waals surface area contributed by atoms with E-state index in [2.05, 4.69) is 57.7 Å². The molecule has 134 valence electrons. The van der Waals surface area contributed by atoms with Crippen LogP contribution >= 0.6 is 0 Å². The molecule has 2 saturated heterocycles. The lowest BCUT2D eigenvalue weighted by atomic mass is 10.0. The molecule has 0 aromatic heterocycles. The molecule has 5 rings (SSSR count). The lowest BCUT2D eigenvalue weighted by Crippen LogP contribution is -2.72. The number of allylic oxidation sites excluding steroid dienone is 3. The van der Waals surface area contributed by atoms with E-state index >= 15 is 0 Å². The quantitative estimate of drug-likeness (QED) is 0.838. The maximum Gasteiger partial charge on any atom is 0.246 e. The summed E-state index contributed by atoms with van der Waals surface area (Å²) < 4.78 is 0. The number of nitrogens with one attached hydrogen (secondary N) is 2. The molecule has 1 aromatic carbocycles. The van der Waals surface area contributed by atoms with Gasteiger partial charge in [-0.05, 0) is 18.6 Å². The molecule has 3 heterocycles. The van der Waals surface area contributed by atoms with E-state index in [1.807, 2.05) is 36.3 Å². The first-order valence-electron chi connectivity index (χ1n) is 9.11. The highest BCUT2D eigenvalue weighted by Crippen LogP contribution is 2.37. The monoisotopic (exact) mass is 349 g/mol. The van der Waals surface area contributed by atoms with Crippen molar-refractivity contribution in [1.29, 1.82) is 0 Å². The van der Waals surface area contributed by atoms with Gasteiger partial charge in [0.2, 0.25) is 5.91 Å². The molecule has 1 amide bonds. The van der Waals surface area contributed by atoms with Crippen molar-refractivity contribution in [2.24, 2.45) is 0 Å². The molecule has 0 saturated carbocycles. The predicted molar refractivity (Wildman–Crippen MR) is 99.0 cm³/mol. The van der Waals surface area contributed by atoms with Crippen LogP contribution in [-0.4, -0.2) is 52.3 Å². The standard InChI is InChI=1S/C20H23N5O/c1-13-22-18-17(24(13)12-14-7-4-3-5-8-14)19(26)23(2)20-21-11-15-9-6-10-16(15)25(18)20/h3-11,13,17-18,20-22H,12H2,1-2H3. The number of benzene rings is 1. The Kier molecular flexibility index (Phi) is 3.45. The van der Waals surface area contributed by atoms with Crippen LogP contribution in [-0.2, 0) is 11.3 Å². The van der Waals surface area contributed by atoms with Crippen LogP contribution in [0.15, 0.2) is 66.0 Å². The summed E-state index contributed by atoms with van der Waals surface area (Å²) in [6.07, 6.45) is 8.21. The van der Waals surface area contributed by atoms with E-state index in [-0.39, 0.29) is 30.6 Å². The van der Waals surface area contributed by atoms with E-state index in [0.29, 0.717) is 0 Å². The summed E-state index contributed by atoms with van der Waals surface area (Å²) in [4.78, 5) is 19.6. The van der Waals surface area contributed by atoms with Gasteiger partial charge in [-0.2, -0.15) is 0 Å². The Morgan fingerprint density at radius 3 is 2.81 bits per heavy atom. The van der Waals surface area contributed by atoms with Crippen LogP contribution in [0.2, 0.25) is 0 Å². The number of fused-ring (bicyclic) bond motifs is 5. The molecule has 6 nitrogen and oxygen atoms in total. The molecule has 3 aliphatic heterocycles. The highest BCUT2D eigenvalue weighted by atomic mass is 16.2. The molecule has 6 heteroatoms. The van der Waals surface area contributed by atoms with Crippen LogP contribution in [0.3, 0.4) is 0 Å². The van der Waals surface area contributed by atoms with Gasteiger partial charge >= 0.3 is 0 Å². The summed E-state index contributed by atoms with van der Waals surface area (Å²) >= 11 is 0. The SMILES string of the molecule is CC1NC2C(C(=O)N(C)C3NC=C4C=CC=C4N23)N1Cc1ccccc1. The van der Waals surface area contributed by atoms with Gasteiger partial charge in [-0.3, -0.25) is 15.0 Å². The predicted octanol–water partition coefficient (Wildman–Crippen LogP) is 1.13. The minimum absolute atomic E-state index is 0.0511. The molecule has 2 fully saturated rings. The third-order valence-corrected chi connectivity index (χ3v) is 5.80. The summed E-state index contributed by atoms with van der Waals surface area (Å²) in [7, 11) is 1.88. The fourth-order valence-corrected chi connectivity index (χ4v) is 4.48. The number of rotatable bonds is 2. The van der Waals surface area contributed by atoms with Crippen molar-refractivity contribution in [3.05, 3.63) is 71.6 Å². The van der Waals surface area contributed by atoms with E-state index < -0.39 is 0 Å². The molecule has 4 unspecified atom stereocenters. The molecule has 0 spiro atoms. The van der Waals surface area contributed by atoms with Gasteiger partial charge < -0.3 is 15.1 Å². The largest absolute Gasteiger partial charge is 0.354 e. The van der Waals surface area contributed by atoms with Crippen molar-refractivity contribution in [1.82, 2.24) is 25.3 Å². The second kappa shape index (κ2) is 5.72. The van der Waals surface area contributed by atoms with E-state index in [9.17, 15) is 4.79 Å². The fourth-order valence-electron chi connectivity index (χ4n) is 4.48. The van der Waals surface area contributed by atoms with Crippen LogP contribution in [0.4, 0.5) is 0 Å². The average molecular weight is 349 g/mol. The molecule has 1 aliphatic carbocycles. The van der Waals surface area contributed by atoms with Crippen LogP contribution in [0.5, 0.6) is 0 Å². The van der Waals surface area contributed by atoms with Crippen molar-refractivity contribution in [3.8, 4) is 0 Å². The van der Waals surface area contributed by atoms with Crippen molar-refractivity contribution >= 4 is 5.91 Å². The third-order valence-electron chi connectivity index (χ3n) is 5.80. The van der Waals surface area contributed by atoms with Gasteiger partial charge in [-0.15, -0.1) is 0 Å². The molecular formula is C20H23N5O. The minimum atomic E-state index is -0.214. The molecule has 4 aliphatic rings. The Labute approximate surface area is 153 Å². The maximum absolute atomic E-state index is 13.2. The molecule has 4 atom stereocenters. The number of hydrogen-bond acceptors (Lipinski definition) is 5. The van der Waals surface area contributed by atoms with Crippen LogP contribution < -0.4 is 10.6 Å². The van der Waals surface area contributed by atoms with Gasteiger partial charge in [0.05, 0.1) is 6.17 Å². The van der Waals surface area contributed by atoms with Crippen molar-refractivity contribution in [2.75, 3.05) is 7.05 Å². The second-order valence-electron chi connectivity index (χ2n) is 7.30. The molecule has 26 heavy (non-hydrogen) atoms. The average Bonchev–Trinajstić information content (AvgIpc) is 3.25. The highest BCUT2D eigenvalue weighted by Gasteiger charge is 2.54. The van der Waals surface area contributed by atoms with Crippen LogP contribution in [0, 0.1) is 0 Å². The van der Waals surface area contributed by atoms with E-state index in [0.717, 1.165) is 6.54 Å². The topological polar surface area (TPSA) is 50.9 Å². The van der Waals surface area contributed by atoms with E-state index in [4.69, 9.17) is 0 Å². The maximum atomic E-state index is 13.2. The smallest absolute Gasteiger partial charge is 0.246 e. The highest BCUT2D eigenvalue weighted by molar-refractivity contribution is 5.84. The number of carbonyl (C=O) groups excluding carboxylic acids is 1. The first kappa shape index (κ1) is 15.7. The van der Waals surface area contributed by atoms with Crippen molar-refractivity contribution < 1.29 is 4.79 Å². The fraction of sp³-hybridized carbons (Fsp3) is 0.350. The zero-order valence-electron chi connectivity index (χ0n) is 15.0. The first-order valence-corrected chi connectivity index (χ1v) is 9.11. The Hall–Kier alpha value is -2.57. The summed E-state index contributed by atoms with van der Waals surface area (Å²) in [6, 6.07) is 10.1. The number of amides is 1. The number of carbonyl (C=O) groups is 1. The minimum Gasteiger partial charge on any atom is -0.354 e. The Morgan fingerprint density at radius 1 is 1.19 bits per heavy atom. The number of hydrogen-bond donors (Lipinski definition) is 2. The van der Waals surface area contributed by atoms with Gasteiger partial charge in [0, 0.05) is 31.1 Å². The molecule has 0 radical (unpaired) electrons.